The van der Waals surface area contributed by atoms with Gasteiger partial charge in [-0.2, -0.15) is 5.26 Å². The van der Waals surface area contributed by atoms with Crippen LogP contribution in [0, 0.1) is 11.3 Å². The lowest BCUT2D eigenvalue weighted by molar-refractivity contribution is -0.117. The van der Waals surface area contributed by atoms with Gasteiger partial charge in [-0.15, -0.1) is 0 Å². The summed E-state index contributed by atoms with van der Waals surface area (Å²) in [4.78, 5) is 19.9. The standard InChI is InChI=1S/C16H13N5O3/c17-7-12(9-21-16-18-4-1-5-19-16)15(22)20-8-11-2-3-13-14(6-11)24-10-23-13/h1-6,9H,8,10H2,(H,20,22)(H,18,19,21)/b12-9-. The molecule has 2 aromatic rings. The molecule has 3 rings (SSSR count). The quantitative estimate of drug-likeness (QED) is 0.631. The maximum atomic E-state index is 12.1. The van der Waals surface area contributed by atoms with Crippen molar-refractivity contribution in [3.05, 3.63) is 54.0 Å². The first kappa shape index (κ1) is 15.3. The van der Waals surface area contributed by atoms with Crippen LogP contribution in [0.3, 0.4) is 0 Å². The third-order valence-electron chi connectivity index (χ3n) is 3.17. The predicted octanol–water partition coefficient (Wildman–Crippen LogP) is 1.34. The summed E-state index contributed by atoms with van der Waals surface area (Å²) in [7, 11) is 0. The molecule has 1 aromatic heterocycles. The molecule has 0 radical (unpaired) electrons. The van der Waals surface area contributed by atoms with Crippen molar-refractivity contribution in [2.45, 2.75) is 6.54 Å². The number of benzene rings is 1. The minimum absolute atomic E-state index is 0.0804. The Bertz CT molecular complexity index is 814. The number of ether oxygens (including phenoxy) is 2. The van der Waals surface area contributed by atoms with E-state index >= 15 is 0 Å². The largest absolute Gasteiger partial charge is 0.454 e. The van der Waals surface area contributed by atoms with Crippen molar-refractivity contribution in [2.75, 3.05) is 12.1 Å². The highest BCUT2D eigenvalue weighted by Crippen LogP contribution is 2.32. The maximum absolute atomic E-state index is 12.1. The Labute approximate surface area is 137 Å². The zero-order valence-electron chi connectivity index (χ0n) is 12.5. The van der Waals surface area contributed by atoms with Gasteiger partial charge in [0.25, 0.3) is 5.91 Å². The molecule has 0 unspecified atom stereocenters. The van der Waals surface area contributed by atoms with Crippen molar-refractivity contribution in [3.8, 4) is 17.6 Å². The van der Waals surface area contributed by atoms with Gasteiger partial charge in [-0.25, -0.2) is 9.97 Å². The van der Waals surface area contributed by atoms with Gasteiger partial charge in [0, 0.05) is 25.1 Å². The lowest BCUT2D eigenvalue weighted by Gasteiger charge is -2.06. The normalized spacial score (nSPS) is 12.4. The van der Waals surface area contributed by atoms with Crippen LogP contribution in [0.4, 0.5) is 5.95 Å². The number of hydrogen-bond acceptors (Lipinski definition) is 7. The average Bonchev–Trinajstić information content (AvgIpc) is 3.09. The minimum atomic E-state index is -0.501. The number of rotatable bonds is 5. The van der Waals surface area contributed by atoms with Gasteiger partial charge < -0.3 is 20.1 Å². The van der Waals surface area contributed by atoms with Gasteiger partial charge >= 0.3 is 0 Å². The fourth-order valence-corrected chi connectivity index (χ4v) is 1.99. The van der Waals surface area contributed by atoms with Crippen molar-refractivity contribution in [1.82, 2.24) is 15.3 Å². The summed E-state index contributed by atoms with van der Waals surface area (Å²) in [5.74, 6) is 1.11. The summed E-state index contributed by atoms with van der Waals surface area (Å²) in [5.41, 5.74) is 0.757. The van der Waals surface area contributed by atoms with Crippen molar-refractivity contribution in [2.24, 2.45) is 0 Å². The number of nitrogens with one attached hydrogen (secondary N) is 2. The molecule has 0 aliphatic carbocycles. The Hall–Kier alpha value is -3.60. The van der Waals surface area contributed by atoms with Gasteiger partial charge in [0.1, 0.15) is 11.6 Å². The number of hydrogen-bond donors (Lipinski definition) is 2. The highest BCUT2D eigenvalue weighted by molar-refractivity contribution is 5.97. The molecule has 24 heavy (non-hydrogen) atoms. The molecular formula is C16H13N5O3. The van der Waals surface area contributed by atoms with Gasteiger partial charge in [-0.3, -0.25) is 4.79 Å². The number of fused-ring (bicyclic) bond motifs is 1. The summed E-state index contributed by atoms with van der Waals surface area (Å²) >= 11 is 0. The molecule has 1 amide bonds. The third kappa shape index (κ3) is 3.59. The van der Waals surface area contributed by atoms with Crippen molar-refractivity contribution >= 4 is 11.9 Å². The lowest BCUT2D eigenvalue weighted by atomic mass is 10.2. The molecule has 8 nitrogen and oxygen atoms in total. The molecule has 0 spiro atoms. The van der Waals surface area contributed by atoms with Crippen LogP contribution in [-0.2, 0) is 11.3 Å². The van der Waals surface area contributed by atoms with E-state index in [1.54, 1.807) is 30.6 Å². The minimum Gasteiger partial charge on any atom is -0.454 e. The smallest absolute Gasteiger partial charge is 0.263 e. The molecular weight excluding hydrogens is 310 g/mol. The number of carbonyl (C=O) groups is 1. The molecule has 0 atom stereocenters. The molecule has 0 bridgehead atoms. The van der Waals surface area contributed by atoms with Crippen LogP contribution >= 0.6 is 0 Å². The molecule has 0 saturated heterocycles. The first-order valence-corrected chi connectivity index (χ1v) is 7.07. The SMILES string of the molecule is N#C/C(=C/Nc1ncccn1)C(=O)NCc1ccc2c(c1)OCO2. The number of amides is 1. The van der Waals surface area contributed by atoms with Gasteiger partial charge in [-0.1, -0.05) is 6.07 Å². The second-order valence-electron chi connectivity index (χ2n) is 4.76. The van der Waals surface area contributed by atoms with Crippen LogP contribution in [-0.4, -0.2) is 22.7 Å². The van der Waals surface area contributed by atoms with Crippen LogP contribution in [0.5, 0.6) is 11.5 Å². The van der Waals surface area contributed by atoms with E-state index < -0.39 is 5.91 Å². The van der Waals surface area contributed by atoms with E-state index in [4.69, 9.17) is 14.7 Å². The summed E-state index contributed by atoms with van der Waals surface area (Å²) in [5, 5.41) is 14.5. The molecule has 1 aromatic carbocycles. The summed E-state index contributed by atoms with van der Waals surface area (Å²) in [6, 6.07) is 8.88. The highest BCUT2D eigenvalue weighted by Gasteiger charge is 2.14. The van der Waals surface area contributed by atoms with E-state index in [0.29, 0.717) is 17.4 Å². The second kappa shape index (κ2) is 7.11. The molecule has 120 valence electrons. The van der Waals surface area contributed by atoms with Crippen molar-refractivity contribution < 1.29 is 14.3 Å². The molecule has 8 heteroatoms. The Balaban J connectivity index is 1.59. The highest BCUT2D eigenvalue weighted by atomic mass is 16.7. The Morgan fingerprint density at radius 2 is 2.08 bits per heavy atom. The predicted molar refractivity (Wildman–Crippen MR) is 83.8 cm³/mol. The Morgan fingerprint density at radius 3 is 2.88 bits per heavy atom. The lowest BCUT2D eigenvalue weighted by Crippen LogP contribution is -2.24. The molecule has 2 N–H and O–H groups in total. The Morgan fingerprint density at radius 1 is 1.29 bits per heavy atom. The number of nitrogens with zero attached hydrogens (tertiary/aromatic N) is 3. The van der Waals surface area contributed by atoms with E-state index in [9.17, 15) is 4.79 Å². The summed E-state index contributed by atoms with van der Waals surface area (Å²) < 4.78 is 10.5. The van der Waals surface area contributed by atoms with E-state index in [1.807, 2.05) is 12.1 Å². The van der Waals surface area contributed by atoms with Crippen molar-refractivity contribution in [3.63, 3.8) is 0 Å². The first-order chi connectivity index (χ1) is 11.8. The summed E-state index contributed by atoms with van der Waals surface area (Å²) in [6.45, 7) is 0.454. The number of nitriles is 1. The van der Waals surface area contributed by atoms with Crippen LogP contribution in [0.1, 0.15) is 5.56 Å². The third-order valence-corrected chi connectivity index (χ3v) is 3.17. The van der Waals surface area contributed by atoms with E-state index in [-0.39, 0.29) is 18.9 Å². The number of aromatic nitrogens is 2. The van der Waals surface area contributed by atoms with Gasteiger partial charge in [0.05, 0.1) is 0 Å². The Kier molecular flexibility index (Phi) is 4.53. The van der Waals surface area contributed by atoms with Crippen molar-refractivity contribution in [1.29, 1.82) is 5.26 Å². The molecule has 0 saturated carbocycles. The molecule has 1 aliphatic rings. The van der Waals surface area contributed by atoms with Crippen LogP contribution in [0.25, 0.3) is 0 Å². The fourth-order valence-electron chi connectivity index (χ4n) is 1.99. The maximum Gasteiger partial charge on any atom is 0.263 e. The van der Waals surface area contributed by atoms with Gasteiger partial charge in [-0.05, 0) is 23.8 Å². The summed E-state index contributed by atoms with van der Waals surface area (Å²) in [6.07, 6.45) is 4.37. The van der Waals surface area contributed by atoms with E-state index in [2.05, 4.69) is 20.6 Å². The average molecular weight is 323 g/mol. The second-order valence-corrected chi connectivity index (χ2v) is 4.76. The number of carbonyl (C=O) groups excluding carboxylic acids is 1. The molecule has 1 aliphatic heterocycles. The van der Waals surface area contributed by atoms with Crippen LogP contribution < -0.4 is 20.1 Å². The topological polar surface area (TPSA) is 109 Å². The number of anilines is 1. The molecule has 2 heterocycles. The first-order valence-electron chi connectivity index (χ1n) is 7.07. The van der Waals surface area contributed by atoms with E-state index in [1.165, 1.54) is 6.20 Å². The zero-order valence-corrected chi connectivity index (χ0v) is 12.5. The molecule has 0 fully saturated rings. The van der Waals surface area contributed by atoms with Gasteiger partial charge in [0.2, 0.25) is 12.7 Å². The van der Waals surface area contributed by atoms with Gasteiger partial charge in [0.15, 0.2) is 11.5 Å². The van der Waals surface area contributed by atoms with Crippen LogP contribution in [0.15, 0.2) is 48.4 Å². The van der Waals surface area contributed by atoms with Crippen LogP contribution in [0.2, 0.25) is 0 Å². The fraction of sp³-hybridized carbons (Fsp3) is 0.125. The van der Waals surface area contributed by atoms with E-state index in [0.717, 1.165) is 5.56 Å². The monoisotopic (exact) mass is 323 g/mol. The zero-order chi connectivity index (χ0) is 16.8.